The third-order valence-corrected chi connectivity index (χ3v) is 7.08. The summed E-state index contributed by atoms with van der Waals surface area (Å²) in [5.74, 6) is 0. The van der Waals surface area contributed by atoms with E-state index in [1.165, 1.54) is 12.8 Å². The van der Waals surface area contributed by atoms with Crippen LogP contribution in [-0.2, 0) is 9.84 Å². The van der Waals surface area contributed by atoms with Crippen molar-refractivity contribution in [2.24, 2.45) is 0 Å². The summed E-state index contributed by atoms with van der Waals surface area (Å²) in [5.41, 5.74) is -0.150. The third kappa shape index (κ3) is 3.11. The fourth-order valence-electron chi connectivity index (χ4n) is 3.04. The van der Waals surface area contributed by atoms with Crippen LogP contribution in [0.4, 0.5) is 10.7 Å². The molecule has 22 heavy (non-hydrogen) atoms. The molecule has 9 heteroatoms. The van der Waals surface area contributed by atoms with E-state index >= 15 is 0 Å². The Morgan fingerprint density at radius 3 is 2.68 bits per heavy atom. The smallest absolute Gasteiger partial charge is 0.304 e. The fraction of sp³-hybridized carbons (Fsp3) is 0.692. The molecule has 0 spiro atoms. The van der Waals surface area contributed by atoms with Gasteiger partial charge in [-0.3, -0.25) is 15.0 Å². The van der Waals surface area contributed by atoms with Crippen LogP contribution >= 0.6 is 11.3 Å². The van der Waals surface area contributed by atoms with Gasteiger partial charge in [-0.05, 0) is 26.2 Å². The van der Waals surface area contributed by atoms with E-state index in [2.05, 4.69) is 17.1 Å². The van der Waals surface area contributed by atoms with Crippen molar-refractivity contribution in [3.05, 3.63) is 16.2 Å². The minimum Gasteiger partial charge on any atom is -0.367 e. The topological polar surface area (TPSA) is 92.5 Å². The second-order valence-corrected chi connectivity index (χ2v) is 9.46. The van der Waals surface area contributed by atoms with Gasteiger partial charge in [0.2, 0.25) is 0 Å². The lowest BCUT2D eigenvalue weighted by Gasteiger charge is -2.19. The fourth-order valence-corrected chi connectivity index (χ4v) is 5.06. The van der Waals surface area contributed by atoms with Crippen LogP contribution in [0.15, 0.2) is 10.3 Å². The lowest BCUT2D eigenvalue weighted by molar-refractivity contribution is -0.383. The first-order chi connectivity index (χ1) is 10.3. The molecule has 1 aromatic rings. The highest BCUT2D eigenvalue weighted by Gasteiger charge is 2.39. The lowest BCUT2D eigenvalue weighted by atomic mass is 10.2. The summed E-state index contributed by atoms with van der Waals surface area (Å²) in [5, 5.41) is 14.7. The van der Waals surface area contributed by atoms with Crippen molar-refractivity contribution in [1.82, 2.24) is 4.90 Å². The molecule has 1 aliphatic carbocycles. The second kappa shape index (κ2) is 5.47. The number of rotatable bonds is 5. The molecule has 7 nitrogen and oxygen atoms in total. The number of nitrogens with zero attached hydrogens (tertiary/aromatic N) is 2. The first kappa shape index (κ1) is 15.7. The summed E-state index contributed by atoms with van der Waals surface area (Å²) in [7, 11) is -3.43. The predicted molar refractivity (Wildman–Crippen MR) is 85.3 cm³/mol. The maximum atomic E-state index is 11.6. The van der Waals surface area contributed by atoms with Crippen molar-refractivity contribution in [3.63, 3.8) is 0 Å². The third-order valence-electron chi connectivity index (χ3n) is 4.23. The van der Waals surface area contributed by atoms with Gasteiger partial charge in [-0.15, -0.1) is 0 Å². The molecule has 2 heterocycles. The van der Waals surface area contributed by atoms with E-state index in [0.29, 0.717) is 17.1 Å². The zero-order chi connectivity index (χ0) is 16.1. The SMILES string of the molecule is C[C@H]1C[C@@H](Nc2sc(S(C)(=O)=O)cc2[N+](=O)[O-])CN1C1CC1. The van der Waals surface area contributed by atoms with Gasteiger partial charge >= 0.3 is 5.69 Å². The van der Waals surface area contributed by atoms with Gasteiger partial charge in [0, 0.05) is 37.0 Å². The van der Waals surface area contributed by atoms with Crippen LogP contribution in [0.5, 0.6) is 0 Å². The van der Waals surface area contributed by atoms with Crippen molar-refractivity contribution >= 4 is 31.9 Å². The van der Waals surface area contributed by atoms with Crippen molar-refractivity contribution < 1.29 is 13.3 Å². The highest BCUT2D eigenvalue weighted by molar-refractivity contribution is 7.92. The molecule has 3 rings (SSSR count). The Morgan fingerprint density at radius 2 is 2.14 bits per heavy atom. The number of hydrogen-bond acceptors (Lipinski definition) is 7. The molecule has 122 valence electrons. The van der Waals surface area contributed by atoms with Gasteiger partial charge in [0.1, 0.15) is 4.21 Å². The molecule has 0 radical (unpaired) electrons. The summed E-state index contributed by atoms with van der Waals surface area (Å²) in [6, 6.07) is 2.39. The summed E-state index contributed by atoms with van der Waals surface area (Å²) in [6.45, 7) is 3.03. The van der Waals surface area contributed by atoms with Gasteiger partial charge in [-0.1, -0.05) is 11.3 Å². The first-order valence-electron chi connectivity index (χ1n) is 7.26. The number of anilines is 1. The van der Waals surface area contributed by atoms with Crippen LogP contribution in [0.2, 0.25) is 0 Å². The van der Waals surface area contributed by atoms with Gasteiger partial charge in [-0.25, -0.2) is 8.42 Å². The maximum Gasteiger partial charge on any atom is 0.304 e. The maximum absolute atomic E-state index is 11.6. The Labute approximate surface area is 133 Å². The zero-order valence-electron chi connectivity index (χ0n) is 12.5. The van der Waals surface area contributed by atoms with Crippen molar-refractivity contribution in [3.8, 4) is 0 Å². The number of hydrogen-bond donors (Lipinski definition) is 1. The zero-order valence-corrected chi connectivity index (χ0v) is 14.1. The number of sulfone groups is 1. The summed E-state index contributed by atoms with van der Waals surface area (Å²) >= 11 is 0.949. The number of likely N-dealkylation sites (tertiary alicyclic amines) is 1. The highest BCUT2D eigenvalue weighted by atomic mass is 32.2. The van der Waals surface area contributed by atoms with Gasteiger partial charge < -0.3 is 5.32 Å². The standard InChI is InChI=1S/C13H19N3O4S2/c1-8-5-9(7-15(8)10-3-4-10)14-13-11(16(17)18)6-12(21-13)22(2,19)20/h6,8-10,14H,3-5,7H2,1-2H3/t8-,9+/m0/s1. The summed E-state index contributed by atoms with van der Waals surface area (Å²) in [4.78, 5) is 13.1. The average molecular weight is 345 g/mol. The molecule has 1 N–H and O–H groups in total. The van der Waals surface area contributed by atoms with Gasteiger partial charge in [0.05, 0.1) is 4.92 Å². The Bertz CT molecular complexity index is 696. The van der Waals surface area contributed by atoms with E-state index in [9.17, 15) is 18.5 Å². The highest BCUT2D eigenvalue weighted by Crippen LogP contribution is 2.39. The Balaban J connectivity index is 1.80. The monoisotopic (exact) mass is 345 g/mol. The minimum atomic E-state index is -3.43. The van der Waals surface area contributed by atoms with Crippen molar-refractivity contribution in [2.75, 3.05) is 18.1 Å². The molecule has 2 atom stereocenters. The van der Waals surface area contributed by atoms with Crippen LogP contribution in [-0.4, -0.2) is 49.2 Å². The number of nitrogens with one attached hydrogen (secondary N) is 1. The second-order valence-electron chi connectivity index (χ2n) is 6.16. The molecule has 1 saturated heterocycles. The van der Waals surface area contributed by atoms with E-state index in [0.717, 1.165) is 36.6 Å². The van der Waals surface area contributed by atoms with E-state index in [1.54, 1.807) is 0 Å². The summed E-state index contributed by atoms with van der Waals surface area (Å²) < 4.78 is 23.3. The lowest BCUT2D eigenvalue weighted by Crippen LogP contribution is -2.30. The molecule has 1 saturated carbocycles. The molecular weight excluding hydrogens is 326 g/mol. The number of nitro groups is 1. The molecular formula is C13H19N3O4S2. The van der Waals surface area contributed by atoms with Crippen molar-refractivity contribution in [1.29, 1.82) is 0 Å². The molecule has 2 fully saturated rings. The first-order valence-corrected chi connectivity index (χ1v) is 9.97. The quantitative estimate of drug-likeness (QED) is 0.649. The van der Waals surface area contributed by atoms with Crippen molar-refractivity contribution in [2.45, 2.75) is 48.5 Å². The van der Waals surface area contributed by atoms with Crippen LogP contribution in [0.1, 0.15) is 26.2 Å². The largest absolute Gasteiger partial charge is 0.367 e. The molecule has 1 aromatic heterocycles. The summed E-state index contributed by atoms with van der Waals surface area (Å²) in [6.07, 6.45) is 4.45. The van der Waals surface area contributed by atoms with E-state index in [1.807, 2.05) is 0 Å². The van der Waals surface area contributed by atoms with Gasteiger partial charge in [-0.2, -0.15) is 0 Å². The normalized spacial score (nSPS) is 26.3. The van der Waals surface area contributed by atoms with E-state index in [4.69, 9.17) is 0 Å². The van der Waals surface area contributed by atoms with Crippen LogP contribution in [0, 0.1) is 10.1 Å². The van der Waals surface area contributed by atoms with E-state index in [-0.39, 0.29) is 15.9 Å². The van der Waals surface area contributed by atoms with Gasteiger partial charge in [0.15, 0.2) is 14.8 Å². The van der Waals surface area contributed by atoms with Crippen LogP contribution < -0.4 is 5.32 Å². The molecule has 2 aliphatic rings. The van der Waals surface area contributed by atoms with Crippen LogP contribution in [0.25, 0.3) is 0 Å². The molecule has 0 aromatic carbocycles. The van der Waals surface area contributed by atoms with E-state index < -0.39 is 14.8 Å². The Hall–Kier alpha value is -1.19. The molecule has 1 aliphatic heterocycles. The van der Waals surface area contributed by atoms with Gasteiger partial charge in [0.25, 0.3) is 0 Å². The van der Waals surface area contributed by atoms with Crippen LogP contribution in [0.3, 0.4) is 0 Å². The molecule has 0 unspecified atom stereocenters. The average Bonchev–Trinajstić information content (AvgIpc) is 3.03. The number of thiophene rings is 1. The Kier molecular flexibility index (Phi) is 3.90. The molecule has 0 amide bonds. The molecule has 0 bridgehead atoms. The minimum absolute atomic E-state index is 0.0341. The Morgan fingerprint density at radius 1 is 1.45 bits per heavy atom. The predicted octanol–water partition coefficient (Wildman–Crippen LogP) is 2.10.